The van der Waals surface area contributed by atoms with Gasteiger partial charge in [-0.15, -0.1) is 0 Å². The van der Waals surface area contributed by atoms with Crippen LogP contribution in [0.3, 0.4) is 0 Å². The summed E-state index contributed by atoms with van der Waals surface area (Å²) in [5, 5.41) is 0.298. The number of rotatable bonds is 3. The van der Waals surface area contributed by atoms with E-state index in [0.29, 0.717) is 19.6 Å². The second-order valence-electron chi connectivity index (χ2n) is 3.46. The fourth-order valence-electron chi connectivity index (χ4n) is 1.65. The highest BCUT2D eigenvalue weighted by Crippen LogP contribution is 2.45. The van der Waals surface area contributed by atoms with E-state index in [1.54, 1.807) is 6.08 Å². The molecule has 0 aliphatic carbocycles. The number of hydrogen-bond donors (Lipinski definition) is 0. The van der Waals surface area contributed by atoms with Gasteiger partial charge in [-0.2, -0.15) is 0 Å². The number of halogens is 2. The van der Waals surface area contributed by atoms with Gasteiger partial charge in [-0.1, -0.05) is 23.2 Å². The molecule has 82 valence electrons. The number of Topliss-reactive ketones (excluding diaryl/α,β-unsaturated/α-hetero) is 1. The molecule has 0 unspecified atom stereocenters. The predicted octanol–water partition coefficient (Wildman–Crippen LogP) is 2.34. The van der Waals surface area contributed by atoms with Crippen LogP contribution in [-0.2, 0) is 14.3 Å². The van der Waals surface area contributed by atoms with Gasteiger partial charge in [0.15, 0.2) is 11.4 Å². The second kappa shape index (κ2) is 3.81. The molecule has 2 heterocycles. The molecule has 2 bridgehead atoms. The Kier molecular flexibility index (Phi) is 2.79. The summed E-state index contributed by atoms with van der Waals surface area (Å²) in [7, 11) is 0. The summed E-state index contributed by atoms with van der Waals surface area (Å²) in [6.45, 7) is 2.76. The molecule has 3 nitrogen and oxygen atoms in total. The summed E-state index contributed by atoms with van der Waals surface area (Å²) >= 11 is 11.9. The standard InChI is InChI=1S/C10H10Cl2O3/c1-2-14-5-10-4-3-6(15-10)8(13)7(11)9(10)12/h3H,2,4-5H2,1H3/t10-/m0/s1. The summed E-state index contributed by atoms with van der Waals surface area (Å²) in [6.07, 6.45) is 2.24. The summed E-state index contributed by atoms with van der Waals surface area (Å²) in [6, 6.07) is 0. The molecule has 5 heteroatoms. The molecule has 2 aliphatic heterocycles. The van der Waals surface area contributed by atoms with E-state index in [4.69, 9.17) is 32.7 Å². The van der Waals surface area contributed by atoms with E-state index in [9.17, 15) is 4.79 Å². The van der Waals surface area contributed by atoms with E-state index in [1.807, 2.05) is 6.92 Å². The SMILES string of the molecule is CCOC[C@]12CC=C(O1)C(=O)C(Cl)=C2Cl. The van der Waals surface area contributed by atoms with Gasteiger partial charge in [-0.25, -0.2) is 0 Å². The third-order valence-corrected chi connectivity index (χ3v) is 3.47. The molecular formula is C10H10Cl2O3. The Morgan fingerprint density at radius 2 is 2.33 bits per heavy atom. The molecule has 2 aliphatic rings. The van der Waals surface area contributed by atoms with Crippen LogP contribution in [0.2, 0.25) is 0 Å². The Morgan fingerprint density at radius 1 is 1.60 bits per heavy atom. The van der Waals surface area contributed by atoms with E-state index >= 15 is 0 Å². The smallest absolute Gasteiger partial charge is 0.239 e. The Morgan fingerprint density at radius 3 is 3.00 bits per heavy atom. The van der Waals surface area contributed by atoms with Crippen molar-refractivity contribution < 1.29 is 14.3 Å². The van der Waals surface area contributed by atoms with Crippen LogP contribution in [0.4, 0.5) is 0 Å². The van der Waals surface area contributed by atoms with Crippen molar-refractivity contribution in [2.24, 2.45) is 0 Å². The number of hydrogen-bond acceptors (Lipinski definition) is 3. The topological polar surface area (TPSA) is 35.5 Å². The third-order valence-electron chi connectivity index (χ3n) is 2.48. The molecule has 1 atom stereocenters. The molecule has 15 heavy (non-hydrogen) atoms. The third kappa shape index (κ3) is 1.59. The molecule has 0 saturated heterocycles. The molecule has 0 radical (unpaired) electrons. The summed E-state index contributed by atoms with van der Waals surface area (Å²) < 4.78 is 10.8. The zero-order valence-corrected chi connectivity index (χ0v) is 9.69. The van der Waals surface area contributed by atoms with E-state index < -0.39 is 5.60 Å². The van der Waals surface area contributed by atoms with Gasteiger partial charge in [-0.05, 0) is 13.0 Å². The highest BCUT2D eigenvalue weighted by molar-refractivity contribution is 6.51. The second-order valence-corrected chi connectivity index (χ2v) is 4.22. The first-order valence-electron chi connectivity index (χ1n) is 4.68. The van der Waals surface area contributed by atoms with Gasteiger partial charge in [0.05, 0.1) is 11.6 Å². The number of allylic oxidation sites excluding steroid dienone is 1. The first-order chi connectivity index (χ1) is 7.10. The molecular weight excluding hydrogens is 239 g/mol. The minimum atomic E-state index is -0.766. The molecule has 0 aromatic carbocycles. The molecule has 0 spiro atoms. The normalized spacial score (nSPS) is 29.3. The van der Waals surface area contributed by atoms with Crippen molar-refractivity contribution in [2.75, 3.05) is 13.2 Å². The quantitative estimate of drug-likeness (QED) is 0.770. The molecule has 2 rings (SSSR count). The minimum absolute atomic E-state index is 0.0476. The molecule has 0 amide bonds. The van der Waals surface area contributed by atoms with E-state index in [2.05, 4.69) is 0 Å². The van der Waals surface area contributed by atoms with Crippen LogP contribution in [0, 0.1) is 0 Å². The Balaban J connectivity index is 2.32. The number of fused-ring (bicyclic) bond motifs is 2. The first kappa shape index (κ1) is 11.0. The number of ketones is 1. The Bertz CT molecular complexity index is 373. The summed E-state index contributed by atoms with van der Waals surface area (Å²) in [5.41, 5.74) is -0.766. The maximum absolute atomic E-state index is 11.5. The summed E-state index contributed by atoms with van der Waals surface area (Å²) in [4.78, 5) is 11.5. The van der Waals surface area contributed by atoms with Crippen molar-refractivity contribution in [3.05, 3.63) is 21.9 Å². The molecule has 0 aromatic rings. The fourth-order valence-corrected chi connectivity index (χ4v) is 2.17. The highest BCUT2D eigenvalue weighted by atomic mass is 35.5. The Labute approximate surface area is 97.6 Å². The highest BCUT2D eigenvalue weighted by Gasteiger charge is 2.48. The zero-order chi connectivity index (χ0) is 11.1. The summed E-state index contributed by atoms with van der Waals surface area (Å²) in [5.74, 6) is -0.0598. The number of carbonyl (C=O) groups excluding carboxylic acids is 1. The van der Waals surface area contributed by atoms with Gasteiger partial charge in [0.2, 0.25) is 5.78 Å². The first-order valence-corrected chi connectivity index (χ1v) is 5.43. The van der Waals surface area contributed by atoms with Crippen LogP contribution in [-0.4, -0.2) is 24.6 Å². The van der Waals surface area contributed by atoms with Crippen LogP contribution >= 0.6 is 23.2 Å². The molecule has 0 fully saturated rings. The number of carbonyl (C=O) groups is 1. The van der Waals surface area contributed by atoms with Gasteiger partial charge in [-0.3, -0.25) is 4.79 Å². The maximum atomic E-state index is 11.5. The van der Waals surface area contributed by atoms with E-state index in [-0.39, 0.29) is 21.6 Å². The molecule has 0 aromatic heterocycles. The fraction of sp³-hybridized carbons (Fsp3) is 0.500. The van der Waals surface area contributed by atoms with Crippen molar-refractivity contribution in [2.45, 2.75) is 18.9 Å². The lowest BCUT2D eigenvalue weighted by molar-refractivity contribution is -0.119. The zero-order valence-electron chi connectivity index (χ0n) is 8.18. The maximum Gasteiger partial charge on any atom is 0.239 e. The molecule has 0 saturated carbocycles. The van der Waals surface area contributed by atoms with Crippen LogP contribution in [0.1, 0.15) is 13.3 Å². The predicted molar refractivity (Wildman–Crippen MR) is 56.7 cm³/mol. The van der Waals surface area contributed by atoms with E-state index in [1.165, 1.54) is 0 Å². The van der Waals surface area contributed by atoms with Gasteiger partial charge in [0.25, 0.3) is 0 Å². The van der Waals surface area contributed by atoms with Gasteiger partial charge < -0.3 is 9.47 Å². The average molecular weight is 249 g/mol. The molecule has 0 N–H and O–H groups in total. The van der Waals surface area contributed by atoms with Crippen molar-refractivity contribution in [3.8, 4) is 0 Å². The van der Waals surface area contributed by atoms with Crippen LogP contribution < -0.4 is 0 Å². The largest absolute Gasteiger partial charge is 0.475 e. The monoisotopic (exact) mass is 248 g/mol. The van der Waals surface area contributed by atoms with Crippen molar-refractivity contribution in [3.63, 3.8) is 0 Å². The van der Waals surface area contributed by atoms with Crippen molar-refractivity contribution >= 4 is 29.0 Å². The Hall–Kier alpha value is -0.510. The lowest BCUT2D eigenvalue weighted by Gasteiger charge is -2.32. The van der Waals surface area contributed by atoms with Crippen molar-refractivity contribution in [1.82, 2.24) is 0 Å². The van der Waals surface area contributed by atoms with Crippen LogP contribution in [0.15, 0.2) is 21.9 Å². The van der Waals surface area contributed by atoms with Gasteiger partial charge >= 0.3 is 0 Å². The van der Waals surface area contributed by atoms with E-state index in [0.717, 1.165) is 0 Å². The van der Waals surface area contributed by atoms with Gasteiger partial charge in [0.1, 0.15) is 5.03 Å². The van der Waals surface area contributed by atoms with Crippen LogP contribution in [0.25, 0.3) is 0 Å². The lowest BCUT2D eigenvalue weighted by atomic mass is 10.0. The van der Waals surface area contributed by atoms with Gasteiger partial charge in [0, 0.05) is 13.0 Å². The average Bonchev–Trinajstić information content (AvgIpc) is 2.65. The number of ether oxygens (including phenoxy) is 2. The van der Waals surface area contributed by atoms with Crippen molar-refractivity contribution in [1.29, 1.82) is 0 Å². The van der Waals surface area contributed by atoms with Crippen LogP contribution in [0.5, 0.6) is 0 Å². The minimum Gasteiger partial charge on any atom is -0.475 e. The lowest BCUT2D eigenvalue weighted by Crippen LogP contribution is -2.39.